The average molecular weight is 587 g/mol. The Kier molecular flexibility index (Phi) is 7.41. The van der Waals surface area contributed by atoms with Crippen molar-refractivity contribution in [2.45, 2.75) is 90.5 Å². The molecule has 8 nitrogen and oxygen atoms in total. The summed E-state index contributed by atoms with van der Waals surface area (Å²) in [6.45, 7) is 12.3. The fraction of sp³-hybridized carbons (Fsp3) is 0.529. The Morgan fingerprint density at radius 3 is 2.65 bits per heavy atom. The minimum absolute atomic E-state index is 0.0287. The van der Waals surface area contributed by atoms with Gasteiger partial charge in [0.2, 0.25) is 5.91 Å². The van der Waals surface area contributed by atoms with E-state index in [0.29, 0.717) is 29.6 Å². The van der Waals surface area contributed by atoms with Crippen molar-refractivity contribution in [2.24, 2.45) is 17.3 Å². The number of hydrogen-bond acceptors (Lipinski definition) is 6. The molecule has 4 aliphatic rings. The van der Waals surface area contributed by atoms with Crippen molar-refractivity contribution in [1.82, 2.24) is 10.3 Å². The maximum Gasteiger partial charge on any atom is 0.482 e. The summed E-state index contributed by atoms with van der Waals surface area (Å²) >= 11 is 0. The predicted molar refractivity (Wildman–Crippen MR) is 166 cm³/mol. The molecule has 228 valence electrons. The van der Waals surface area contributed by atoms with Crippen molar-refractivity contribution < 1.29 is 28.4 Å². The molecule has 9 heteroatoms. The first-order valence-electron chi connectivity index (χ1n) is 15.4. The number of hydrogen-bond donors (Lipinski definition) is 2. The van der Waals surface area contributed by atoms with Crippen molar-refractivity contribution in [3.05, 3.63) is 65.4 Å². The molecule has 2 N–H and O–H groups in total. The van der Waals surface area contributed by atoms with E-state index in [2.05, 4.69) is 31.1 Å². The number of esters is 1. The van der Waals surface area contributed by atoms with Crippen LogP contribution in [0.25, 0.3) is 10.9 Å². The van der Waals surface area contributed by atoms with E-state index in [1.807, 2.05) is 63.4 Å². The molecule has 3 aliphatic carbocycles. The summed E-state index contributed by atoms with van der Waals surface area (Å²) in [6.07, 6.45) is 4.52. The Hall–Kier alpha value is -3.30. The Morgan fingerprint density at radius 2 is 1.93 bits per heavy atom. The van der Waals surface area contributed by atoms with Gasteiger partial charge in [-0.1, -0.05) is 38.1 Å². The van der Waals surface area contributed by atoms with Gasteiger partial charge >= 0.3 is 13.1 Å². The van der Waals surface area contributed by atoms with Crippen LogP contribution in [0.1, 0.15) is 75.9 Å². The van der Waals surface area contributed by atoms with Crippen molar-refractivity contribution in [3.8, 4) is 5.75 Å². The van der Waals surface area contributed by atoms with Crippen molar-refractivity contribution in [2.75, 3.05) is 7.11 Å². The Morgan fingerprint density at radius 1 is 1.14 bits per heavy atom. The van der Waals surface area contributed by atoms with E-state index in [0.717, 1.165) is 34.9 Å². The first-order valence-corrected chi connectivity index (χ1v) is 15.4. The minimum Gasteiger partial charge on any atom is -0.496 e. The van der Waals surface area contributed by atoms with Gasteiger partial charge in [-0.3, -0.25) is 4.79 Å². The van der Waals surface area contributed by atoms with Gasteiger partial charge in [-0.15, -0.1) is 0 Å². The number of H-pyrrole nitrogens is 1. The van der Waals surface area contributed by atoms with Crippen LogP contribution in [0.5, 0.6) is 5.75 Å². The van der Waals surface area contributed by atoms with Crippen LogP contribution < -0.4 is 10.1 Å². The fourth-order valence-electron chi connectivity index (χ4n) is 7.65. The van der Waals surface area contributed by atoms with Gasteiger partial charge in [-0.25, -0.2) is 4.79 Å². The van der Waals surface area contributed by atoms with Crippen LogP contribution in [-0.2, 0) is 31.7 Å². The van der Waals surface area contributed by atoms with Gasteiger partial charge in [0, 0.05) is 11.7 Å². The molecule has 2 aromatic carbocycles. The fourth-order valence-corrected chi connectivity index (χ4v) is 7.65. The number of amides is 1. The van der Waals surface area contributed by atoms with Crippen LogP contribution in [0.2, 0.25) is 0 Å². The molecule has 7 rings (SSSR count). The molecule has 5 unspecified atom stereocenters. The lowest BCUT2D eigenvalue weighted by molar-refractivity contribution is -0.199. The van der Waals surface area contributed by atoms with E-state index < -0.39 is 30.2 Å². The summed E-state index contributed by atoms with van der Waals surface area (Å²) in [5, 5.41) is 4.34. The molecule has 3 saturated carbocycles. The van der Waals surface area contributed by atoms with Crippen LogP contribution in [0.3, 0.4) is 0 Å². The average Bonchev–Trinajstić information content (AvgIpc) is 3.54. The second-order valence-electron chi connectivity index (χ2n) is 14.3. The van der Waals surface area contributed by atoms with E-state index in [4.69, 9.17) is 18.8 Å². The van der Waals surface area contributed by atoms with Crippen LogP contribution in [0.15, 0.2) is 48.7 Å². The van der Waals surface area contributed by atoms with Gasteiger partial charge in [-0.2, -0.15) is 0 Å². The predicted octanol–water partition coefficient (Wildman–Crippen LogP) is 5.67. The summed E-state index contributed by atoms with van der Waals surface area (Å²) in [5.74, 6) is 0.336. The summed E-state index contributed by atoms with van der Waals surface area (Å²) in [7, 11) is 0.903. The number of fused-ring (bicyclic) bond motifs is 1. The number of aromatic nitrogens is 1. The molecular formula is C34H43BN2O6. The molecule has 1 aromatic heterocycles. The zero-order valence-electron chi connectivity index (χ0n) is 26.3. The lowest BCUT2D eigenvalue weighted by Gasteiger charge is -2.64. The quantitative estimate of drug-likeness (QED) is 0.261. The standard InChI is InChI=1S/C34H43BN2O6/c1-32(2,3)41-31(39)24-10-8-9-22(30(24)40-7)17-28(37-29(38)16-20-11-12-21-13-14-36-25(21)15-20)35-42-27-19-23-18-26(33(23,4)5)34(27,6)43-35/h8-15,23,26-28,36H,16-19H2,1-7H3,(H,37,38). The molecule has 0 radical (unpaired) electrons. The zero-order valence-corrected chi connectivity index (χ0v) is 26.3. The van der Waals surface area contributed by atoms with Crippen LogP contribution >= 0.6 is 0 Å². The number of carbonyl (C=O) groups excluding carboxylic acids is 2. The van der Waals surface area contributed by atoms with Crippen LogP contribution in [-0.4, -0.2) is 54.3 Å². The number of aromatic amines is 1. The molecule has 3 aromatic rings. The van der Waals surface area contributed by atoms with E-state index in [9.17, 15) is 9.59 Å². The molecule has 2 heterocycles. The highest BCUT2D eigenvalue weighted by Gasteiger charge is 2.68. The molecule has 0 spiro atoms. The van der Waals surface area contributed by atoms with Crippen LogP contribution in [0, 0.1) is 17.3 Å². The van der Waals surface area contributed by atoms with E-state index in [1.54, 1.807) is 13.2 Å². The Bertz CT molecular complexity index is 1540. The summed E-state index contributed by atoms with van der Waals surface area (Å²) in [4.78, 5) is 29.9. The number of methoxy groups -OCH3 is 1. The van der Waals surface area contributed by atoms with Gasteiger partial charge in [0.1, 0.15) is 16.9 Å². The molecule has 5 atom stereocenters. The highest BCUT2D eigenvalue weighted by molar-refractivity contribution is 6.48. The summed E-state index contributed by atoms with van der Waals surface area (Å²) < 4.78 is 24.9. The van der Waals surface area contributed by atoms with Crippen molar-refractivity contribution >= 4 is 29.9 Å². The molecule has 43 heavy (non-hydrogen) atoms. The van der Waals surface area contributed by atoms with Crippen molar-refractivity contribution in [3.63, 3.8) is 0 Å². The molecule has 1 aliphatic heterocycles. The maximum absolute atomic E-state index is 13.6. The minimum atomic E-state index is -0.649. The van der Waals surface area contributed by atoms with Crippen LogP contribution in [0.4, 0.5) is 0 Å². The lowest BCUT2D eigenvalue weighted by Crippen LogP contribution is -2.65. The van der Waals surface area contributed by atoms with E-state index in [1.165, 1.54) is 0 Å². The summed E-state index contributed by atoms with van der Waals surface area (Å²) in [6, 6.07) is 13.4. The third kappa shape index (κ3) is 5.46. The van der Waals surface area contributed by atoms with Gasteiger partial charge in [0.05, 0.1) is 31.2 Å². The SMILES string of the molecule is COc1c(CC(NC(=O)Cc2ccc3cc[nH]c3c2)B2OC3CC4CC(C4(C)C)C3(C)O2)cccc1C(=O)OC(C)(C)C. The van der Waals surface area contributed by atoms with Gasteiger partial charge in [0.15, 0.2) is 0 Å². The first kappa shape index (κ1) is 29.8. The van der Waals surface area contributed by atoms with Gasteiger partial charge in [0.25, 0.3) is 0 Å². The maximum atomic E-state index is 13.6. The molecule has 2 bridgehead atoms. The highest BCUT2D eigenvalue weighted by atomic mass is 16.7. The molecule has 4 fully saturated rings. The monoisotopic (exact) mass is 586 g/mol. The largest absolute Gasteiger partial charge is 0.496 e. The molecule has 1 saturated heterocycles. The number of nitrogens with one attached hydrogen (secondary N) is 2. The number of carbonyl (C=O) groups is 2. The normalized spacial score (nSPS) is 26.4. The molecule has 1 amide bonds. The number of ether oxygens (including phenoxy) is 2. The second kappa shape index (κ2) is 10.7. The van der Waals surface area contributed by atoms with Gasteiger partial charge in [-0.05, 0) is 98.9 Å². The zero-order chi connectivity index (χ0) is 30.7. The molecular weight excluding hydrogens is 543 g/mol. The number of benzene rings is 2. The third-order valence-electron chi connectivity index (χ3n) is 9.99. The topological polar surface area (TPSA) is 98.9 Å². The Balaban J connectivity index is 1.28. The summed E-state index contributed by atoms with van der Waals surface area (Å²) in [5.41, 5.74) is 2.13. The Labute approximate surface area is 254 Å². The lowest BCUT2D eigenvalue weighted by atomic mass is 9.43. The highest BCUT2D eigenvalue weighted by Crippen LogP contribution is 2.65. The van der Waals surface area contributed by atoms with E-state index in [-0.39, 0.29) is 23.8 Å². The van der Waals surface area contributed by atoms with Gasteiger partial charge < -0.3 is 29.1 Å². The van der Waals surface area contributed by atoms with Crippen molar-refractivity contribution in [1.29, 1.82) is 0 Å². The smallest absolute Gasteiger partial charge is 0.482 e. The van der Waals surface area contributed by atoms with E-state index >= 15 is 0 Å². The number of rotatable bonds is 8. The number of para-hydroxylation sites is 1. The third-order valence-corrected chi connectivity index (χ3v) is 9.99. The first-order chi connectivity index (χ1) is 20.3. The second-order valence-corrected chi connectivity index (χ2v) is 14.3.